The van der Waals surface area contributed by atoms with E-state index in [2.05, 4.69) is 10.0 Å². The van der Waals surface area contributed by atoms with E-state index in [1.165, 1.54) is 5.56 Å². The van der Waals surface area contributed by atoms with Gasteiger partial charge in [-0.25, -0.2) is 13.1 Å². The Morgan fingerprint density at radius 3 is 2.42 bits per heavy atom. The lowest BCUT2D eigenvalue weighted by Gasteiger charge is -2.14. The van der Waals surface area contributed by atoms with Crippen LogP contribution in [0.2, 0.25) is 0 Å². The molecule has 0 aromatic heterocycles. The first-order valence-corrected chi connectivity index (χ1v) is 11.8. The molecule has 31 heavy (non-hydrogen) atoms. The molecular formula is C24H28N2O4S. The Balaban J connectivity index is 1.43. The van der Waals surface area contributed by atoms with Crippen molar-refractivity contribution in [3.8, 4) is 5.75 Å². The standard InChI is InChI=1S/C24H28N2O4S/c1-18(7-8-19-9-12-22(30-2)13-10-19)26-24(27)15-16-25-31(28,29)23-14-11-20-5-3-4-6-21(20)17-23/h3-6,9-14,17-18,25H,7-8,15-16H2,1-2H3,(H,26,27). The maximum Gasteiger partial charge on any atom is 0.240 e. The molecule has 1 unspecified atom stereocenters. The van der Waals surface area contributed by atoms with Crippen LogP contribution in [0, 0.1) is 0 Å². The van der Waals surface area contributed by atoms with E-state index in [1.54, 1.807) is 25.3 Å². The van der Waals surface area contributed by atoms with Gasteiger partial charge in [-0.2, -0.15) is 0 Å². The van der Waals surface area contributed by atoms with Crippen molar-refractivity contribution in [2.45, 2.75) is 37.1 Å². The number of hydrogen-bond acceptors (Lipinski definition) is 4. The summed E-state index contributed by atoms with van der Waals surface area (Å²) in [6, 6.07) is 20.4. The van der Waals surface area contributed by atoms with E-state index in [9.17, 15) is 13.2 Å². The number of methoxy groups -OCH3 is 1. The van der Waals surface area contributed by atoms with Crippen LogP contribution in [0.3, 0.4) is 0 Å². The number of fused-ring (bicyclic) bond motifs is 1. The van der Waals surface area contributed by atoms with Crippen molar-refractivity contribution in [1.29, 1.82) is 0 Å². The van der Waals surface area contributed by atoms with Crippen molar-refractivity contribution in [2.24, 2.45) is 0 Å². The Bertz CT molecular complexity index is 1130. The van der Waals surface area contributed by atoms with E-state index >= 15 is 0 Å². The monoisotopic (exact) mass is 440 g/mol. The van der Waals surface area contributed by atoms with Gasteiger partial charge in [0.1, 0.15) is 5.75 Å². The summed E-state index contributed by atoms with van der Waals surface area (Å²) in [6.07, 6.45) is 1.71. The SMILES string of the molecule is COc1ccc(CCC(C)NC(=O)CCNS(=O)(=O)c2ccc3ccccc3c2)cc1. The van der Waals surface area contributed by atoms with Crippen LogP contribution in [-0.4, -0.2) is 34.0 Å². The highest BCUT2D eigenvalue weighted by Gasteiger charge is 2.15. The predicted molar refractivity (Wildman–Crippen MR) is 123 cm³/mol. The summed E-state index contributed by atoms with van der Waals surface area (Å²) in [5.74, 6) is 0.639. The molecule has 164 valence electrons. The van der Waals surface area contributed by atoms with Crippen LogP contribution in [-0.2, 0) is 21.2 Å². The van der Waals surface area contributed by atoms with E-state index in [4.69, 9.17) is 4.74 Å². The average Bonchev–Trinajstić information content (AvgIpc) is 2.77. The van der Waals surface area contributed by atoms with E-state index in [0.717, 1.165) is 29.4 Å². The zero-order valence-corrected chi connectivity index (χ0v) is 18.6. The van der Waals surface area contributed by atoms with Gasteiger partial charge in [-0.3, -0.25) is 4.79 Å². The number of amides is 1. The summed E-state index contributed by atoms with van der Waals surface area (Å²) >= 11 is 0. The minimum absolute atomic E-state index is 0.00769. The molecule has 0 fully saturated rings. The summed E-state index contributed by atoms with van der Waals surface area (Å²) < 4.78 is 32.7. The largest absolute Gasteiger partial charge is 0.497 e. The van der Waals surface area contributed by atoms with E-state index in [1.807, 2.05) is 55.5 Å². The lowest BCUT2D eigenvalue weighted by molar-refractivity contribution is -0.121. The molecular weight excluding hydrogens is 412 g/mol. The quantitative estimate of drug-likeness (QED) is 0.504. The molecule has 0 aliphatic carbocycles. The third-order valence-electron chi connectivity index (χ3n) is 5.11. The molecule has 3 aromatic carbocycles. The molecule has 0 aliphatic heterocycles. The van der Waals surface area contributed by atoms with Crippen LogP contribution in [0.25, 0.3) is 10.8 Å². The lowest BCUT2D eigenvalue weighted by Crippen LogP contribution is -2.35. The van der Waals surface area contributed by atoms with Crippen molar-refractivity contribution in [3.05, 3.63) is 72.3 Å². The number of carbonyl (C=O) groups excluding carboxylic acids is 1. The Hall–Kier alpha value is -2.90. The fourth-order valence-electron chi connectivity index (χ4n) is 3.31. The zero-order chi connectivity index (χ0) is 22.3. The lowest BCUT2D eigenvalue weighted by atomic mass is 10.1. The van der Waals surface area contributed by atoms with Crippen molar-refractivity contribution < 1.29 is 17.9 Å². The van der Waals surface area contributed by atoms with Gasteiger partial charge in [-0.1, -0.05) is 42.5 Å². The number of aryl methyl sites for hydroxylation is 1. The number of carbonyl (C=O) groups is 1. The molecule has 0 saturated heterocycles. The minimum Gasteiger partial charge on any atom is -0.497 e. The summed E-state index contributed by atoms with van der Waals surface area (Å²) in [4.78, 5) is 12.4. The fourth-order valence-corrected chi connectivity index (χ4v) is 4.38. The second-order valence-electron chi connectivity index (χ2n) is 7.51. The summed E-state index contributed by atoms with van der Waals surface area (Å²) in [6.45, 7) is 1.99. The van der Waals surface area contributed by atoms with Crippen LogP contribution in [0.4, 0.5) is 0 Å². The van der Waals surface area contributed by atoms with Crippen molar-refractivity contribution in [1.82, 2.24) is 10.0 Å². The molecule has 0 heterocycles. The molecule has 2 N–H and O–H groups in total. The van der Waals surface area contributed by atoms with Crippen LogP contribution in [0.15, 0.2) is 71.6 Å². The van der Waals surface area contributed by atoms with E-state index in [0.29, 0.717) is 0 Å². The van der Waals surface area contributed by atoms with Crippen molar-refractivity contribution >= 4 is 26.7 Å². The summed E-state index contributed by atoms with van der Waals surface area (Å²) in [5, 5.41) is 4.76. The van der Waals surface area contributed by atoms with Crippen LogP contribution < -0.4 is 14.8 Å². The first kappa shape index (κ1) is 22.8. The Morgan fingerprint density at radius 1 is 1.00 bits per heavy atom. The number of nitrogens with one attached hydrogen (secondary N) is 2. The second kappa shape index (κ2) is 10.4. The summed E-state index contributed by atoms with van der Waals surface area (Å²) in [7, 11) is -2.03. The Morgan fingerprint density at radius 2 is 1.71 bits per heavy atom. The molecule has 0 spiro atoms. The van der Waals surface area contributed by atoms with Crippen molar-refractivity contribution in [2.75, 3.05) is 13.7 Å². The Kier molecular flexibility index (Phi) is 7.65. The van der Waals surface area contributed by atoms with Crippen LogP contribution in [0.5, 0.6) is 5.75 Å². The van der Waals surface area contributed by atoms with Crippen LogP contribution in [0.1, 0.15) is 25.3 Å². The smallest absolute Gasteiger partial charge is 0.240 e. The first-order valence-electron chi connectivity index (χ1n) is 10.3. The Labute approximate surface area is 183 Å². The maximum absolute atomic E-state index is 12.5. The van der Waals surface area contributed by atoms with Gasteiger partial charge < -0.3 is 10.1 Å². The van der Waals surface area contributed by atoms with Gasteiger partial charge in [0.25, 0.3) is 0 Å². The van der Waals surface area contributed by atoms with E-state index in [-0.39, 0.29) is 29.8 Å². The molecule has 0 radical (unpaired) electrons. The molecule has 3 rings (SSSR count). The number of rotatable bonds is 10. The highest BCUT2D eigenvalue weighted by atomic mass is 32.2. The molecule has 3 aromatic rings. The highest BCUT2D eigenvalue weighted by molar-refractivity contribution is 7.89. The second-order valence-corrected chi connectivity index (χ2v) is 9.28. The number of hydrogen-bond donors (Lipinski definition) is 2. The van der Waals surface area contributed by atoms with Crippen LogP contribution >= 0.6 is 0 Å². The maximum atomic E-state index is 12.5. The van der Waals surface area contributed by atoms with Gasteiger partial charge in [0.2, 0.25) is 15.9 Å². The number of benzene rings is 3. The normalized spacial score (nSPS) is 12.5. The zero-order valence-electron chi connectivity index (χ0n) is 17.8. The van der Waals surface area contributed by atoms with Gasteiger partial charge in [0, 0.05) is 19.0 Å². The topological polar surface area (TPSA) is 84.5 Å². The van der Waals surface area contributed by atoms with Gasteiger partial charge in [-0.05, 0) is 60.4 Å². The summed E-state index contributed by atoms with van der Waals surface area (Å²) in [5.41, 5.74) is 1.17. The molecule has 0 bridgehead atoms. The number of ether oxygens (including phenoxy) is 1. The third kappa shape index (κ3) is 6.54. The van der Waals surface area contributed by atoms with Gasteiger partial charge in [-0.15, -0.1) is 0 Å². The molecule has 0 saturated carbocycles. The molecule has 1 atom stereocenters. The van der Waals surface area contributed by atoms with E-state index < -0.39 is 10.0 Å². The number of sulfonamides is 1. The third-order valence-corrected chi connectivity index (χ3v) is 6.57. The van der Waals surface area contributed by atoms with Gasteiger partial charge in [0.05, 0.1) is 12.0 Å². The molecule has 1 amide bonds. The van der Waals surface area contributed by atoms with Gasteiger partial charge in [0.15, 0.2) is 0 Å². The fraction of sp³-hybridized carbons (Fsp3) is 0.292. The average molecular weight is 441 g/mol. The molecule has 6 nitrogen and oxygen atoms in total. The highest BCUT2D eigenvalue weighted by Crippen LogP contribution is 2.18. The van der Waals surface area contributed by atoms with Gasteiger partial charge >= 0.3 is 0 Å². The predicted octanol–water partition coefficient (Wildman–Crippen LogP) is 3.65. The first-order chi connectivity index (χ1) is 14.9. The molecule has 7 heteroatoms. The minimum atomic E-state index is -3.67. The van der Waals surface area contributed by atoms with Crippen molar-refractivity contribution in [3.63, 3.8) is 0 Å². The molecule has 0 aliphatic rings.